The van der Waals surface area contributed by atoms with Crippen LogP contribution in [-0.2, 0) is 10.0 Å². The lowest BCUT2D eigenvalue weighted by Gasteiger charge is -2.13. The van der Waals surface area contributed by atoms with Crippen LogP contribution in [0.3, 0.4) is 0 Å². The Morgan fingerprint density at radius 2 is 1.60 bits per heavy atom. The summed E-state index contributed by atoms with van der Waals surface area (Å²) in [7, 11) is -2.22. The lowest BCUT2D eigenvalue weighted by molar-refractivity contribution is 0.477. The first kappa shape index (κ1) is 19.8. The number of hydrogen-bond acceptors (Lipinski definition) is 6. The number of hydrogen-bond donors (Lipinski definition) is 3. The number of nitrogens with zero attached hydrogens (tertiary/aromatic N) is 2. The van der Waals surface area contributed by atoms with E-state index in [1.165, 1.54) is 7.05 Å². The maximum absolute atomic E-state index is 12.4. The summed E-state index contributed by atoms with van der Waals surface area (Å²) in [6, 6.07) is 19.6. The van der Waals surface area contributed by atoms with Crippen LogP contribution in [0.1, 0.15) is 5.56 Å². The maximum atomic E-state index is 12.4. The van der Waals surface area contributed by atoms with Gasteiger partial charge in [-0.1, -0.05) is 48.5 Å². The summed E-state index contributed by atoms with van der Waals surface area (Å²) in [5.41, 5.74) is 2.37. The Hall–Kier alpha value is -3.49. The second-order valence-corrected chi connectivity index (χ2v) is 8.63. The van der Waals surface area contributed by atoms with Gasteiger partial charge in [0.1, 0.15) is 11.4 Å². The topological polar surface area (TPSA) is 104 Å². The van der Waals surface area contributed by atoms with Gasteiger partial charge in [-0.25, -0.2) is 13.1 Å². The molecule has 0 atom stereocenters. The largest absolute Gasteiger partial charge is 0.506 e. The Morgan fingerprint density at radius 3 is 2.33 bits per heavy atom. The standard InChI is InChI=1S/C22H20N4O3S/c1-14-11-12-15(13-20(14)30(28,29)23-2)21-16-7-3-4-8-17(16)22(26-25-21)24-18-9-5-6-10-19(18)27/h3-13,23,27H,1-2H3,(H,24,26). The molecule has 7 nitrogen and oxygen atoms in total. The zero-order chi connectivity index (χ0) is 21.3. The van der Waals surface area contributed by atoms with Crippen molar-refractivity contribution >= 4 is 32.3 Å². The third kappa shape index (κ3) is 3.58. The summed E-state index contributed by atoms with van der Waals surface area (Å²) in [4.78, 5) is 0.199. The minimum atomic E-state index is -3.60. The summed E-state index contributed by atoms with van der Waals surface area (Å²) in [6.07, 6.45) is 0. The number of para-hydroxylation sites is 2. The average Bonchev–Trinajstić information content (AvgIpc) is 2.76. The number of rotatable bonds is 5. The number of aromatic hydroxyl groups is 1. The fraction of sp³-hybridized carbons (Fsp3) is 0.0909. The fourth-order valence-corrected chi connectivity index (χ4v) is 4.26. The molecule has 152 valence electrons. The van der Waals surface area contributed by atoms with Crippen molar-refractivity contribution in [2.75, 3.05) is 12.4 Å². The fourth-order valence-electron chi connectivity index (χ4n) is 3.26. The van der Waals surface area contributed by atoms with Crippen LogP contribution in [0.5, 0.6) is 5.75 Å². The van der Waals surface area contributed by atoms with Crippen LogP contribution in [0.2, 0.25) is 0 Å². The molecule has 0 unspecified atom stereocenters. The number of nitrogens with one attached hydrogen (secondary N) is 2. The van der Waals surface area contributed by atoms with E-state index in [4.69, 9.17) is 0 Å². The molecule has 0 radical (unpaired) electrons. The number of benzene rings is 3. The molecule has 3 aromatic carbocycles. The molecular weight excluding hydrogens is 400 g/mol. The summed E-state index contributed by atoms with van der Waals surface area (Å²) in [5, 5.41) is 23.5. The van der Waals surface area contributed by atoms with Gasteiger partial charge in [0, 0.05) is 16.3 Å². The monoisotopic (exact) mass is 420 g/mol. The van der Waals surface area contributed by atoms with E-state index < -0.39 is 10.0 Å². The number of aryl methyl sites for hydroxylation is 1. The van der Waals surface area contributed by atoms with Crippen LogP contribution in [0, 0.1) is 6.92 Å². The molecule has 0 aliphatic carbocycles. The normalized spacial score (nSPS) is 11.5. The lowest BCUT2D eigenvalue weighted by Crippen LogP contribution is -2.19. The molecule has 8 heteroatoms. The van der Waals surface area contributed by atoms with Gasteiger partial charge in [-0.3, -0.25) is 0 Å². The number of anilines is 2. The molecule has 3 N–H and O–H groups in total. The van der Waals surface area contributed by atoms with E-state index in [0.717, 1.165) is 10.8 Å². The van der Waals surface area contributed by atoms with Gasteiger partial charge in [-0.2, -0.15) is 0 Å². The summed E-state index contributed by atoms with van der Waals surface area (Å²) >= 11 is 0. The second kappa shape index (κ2) is 7.74. The highest BCUT2D eigenvalue weighted by Gasteiger charge is 2.18. The SMILES string of the molecule is CNS(=O)(=O)c1cc(-c2nnc(Nc3ccccc3O)c3ccccc23)ccc1C. The molecular formula is C22H20N4O3S. The van der Waals surface area contributed by atoms with E-state index in [2.05, 4.69) is 20.2 Å². The molecule has 4 rings (SSSR count). The van der Waals surface area contributed by atoms with Gasteiger partial charge >= 0.3 is 0 Å². The minimum absolute atomic E-state index is 0.105. The van der Waals surface area contributed by atoms with E-state index in [1.54, 1.807) is 37.3 Å². The summed E-state index contributed by atoms with van der Waals surface area (Å²) < 4.78 is 27.1. The van der Waals surface area contributed by atoms with Crippen molar-refractivity contribution in [1.82, 2.24) is 14.9 Å². The number of phenolic OH excluding ortho intramolecular Hbond substituents is 1. The Labute approximate surface area is 174 Å². The Kier molecular flexibility index (Phi) is 5.11. The van der Waals surface area contributed by atoms with Crippen molar-refractivity contribution in [3.05, 3.63) is 72.3 Å². The van der Waals surface area contributed by atoms with E-state index in [-0.39, 0.29) is 10.6 Å². The predicted molar refractivity (Wildman–Crippen MR) is 117 cm³/mol. The molecule has 0 spiro atoms. The van der Waals surface area contributed by atoms with Crippen molar-refractivity contribution in [2.45, 2.75) is 11.8 Å². The number of phenols is 1. The van der Waals surface area contributed by atoms with Gasteiger partial charge in [0.15, 0.2) is 5.82 Å². The Balaban J connectivity index is 1.87. The van der Waals surface area contributed by atoms with Crippen molar-refractivity contribution in [3.63, 3.8) is 0 Å². The van der Waals surface area contributed by atoms with E-state index in [0.29, 0.717) is 28.3 Å². The van der Waals surface area contributed by atoms with Gasteiger partial charge in [-0.15, -0.1) is 10.2 Å². The highest BCUT2D eigenvalue weighted by atomic mass is 32.2. The molecule has 30 heavy (non-hydrogen) atoms. The molecule has 0 saturated heterocycles. The van der Waals surface area contributed by atoms with Crippen LogP contribution in [0.25, 0.3) is 22.0 Å². The molecule has 1 heterocycles. The summed E-state index contributed by atoms with van der Waals surface area (Å²) in [5.74, 6) is 0.596. The van der Waals surface area contributed by atoms with Gasteiger partial charge in [0.2, 0.25) is 10.0 Å². The van der Waals surface area contributed by atoms with Crippen molar-refractivity contribution in [2.24, 2.45) is 0 Å². The zero-order valence-electron chi connectivity index (χ0n) is 16.4. The molecule has 0 aliphatic heterocycles. The Bertz CT molecular complexity index is 1350. The van der Waals surface area contributed by atoms with Crippen LogP contribution in [0.15, 0.2) is 71.6 Å². The van der Waals surface area contributed by atoms with Crippen LogP contribution in [0.4, 0.5) is 11.5 Å². The number of sulfonamides is 1. The first-order valence-electron chi connectivity index (χ1n) is 9.26. The van der Waals surface area contributed by atoms with Crippen molar-refractivity contribution in [3.8, 4) is 17.0 Å². The van der Waals surface area contributed by atoms with E-state index in [9.17, 15) is 13.5 Å². The maximum Gasteiger partial charge on any atom is 0.240 e. The van der Waals surface area contributed by atoms with Gasteiger partial charge in [0.05, 0.1) is 10.6 Å². The predicted octanol–water partition coefficient (Wildman–Crippen LogP) is 3.96. The van der Waals surface area contributed by atoms with Gasteiger partial charge in [0.25, 0.3) is 0 Å². The van der Waals surface area contributed by atoms with Crippen LogP contribution >= 0.6 is 0 Å². The quantitative estimate of drug-likeness (QED) is 0.422. The lowest BCUT2D eigenvalue weighted by atomic mass is 10.0. The van der Waals surface area contributed by atoms with E-state index >= 15 is 0 Å². The minimum Gasteiger partial charge on any atom is -0.506 e. The van der Waals surface area contributed by atoms with Crippen molar-refractivity contribution in [1.29, 1.82) is 0 Å². The highest BCUT2D eigenvalue weighted by molar-refractivity contribution is 7.89. The third-order valence-corrected chi connectivity index (χ3v) is 6.42. The van der Waals surface area contributed by atoms with Crippen molar-refractivity contribution < 1.29 is 13.5 Å². The van der Waals surface area contributed by atoms with E-state index in [1.807, 2.05) is 36.4 Å². The third-order valence-electron chi connectivity index (χ3n) is 4.86. The highest BCUT2D eigenvalue weighted by Crippen LogP contribution is 2.34. The molecule has 0 amide bonds. The number of fused-ring (bicyclic) bond motifs is 1. The molecule has 0 aliphatic rings. The zero-order valence-corrected chi connectivity index (χ0v) is 17.2. The molecule has 0 fully saturated rings. The van der Waals surface area contributed by atoms with Gasteiger partial charge < -0.3 is 10.4 Å². The molecule has 1 aromatic heterocycles. The molecule has 4 aromatic rings. The second-order valence-electron chi connectivity index (χ2n) is 6.77. The molecule has 0 saturated carbocycles. The number of aromatic nitrogens is 2. The first-order chi connectivity index (χ1) is 14.4. The van der Waals surface area contributed by atoms with Gasteiger partial charge in [-0.05, 0) is 37.7 Å². The summed E-state index contributed by atoms with van der Waals surface area (Å²) in [6.45, 7) is 1.75. The Morgan fingerprint density at radius 1 is 0.900 bits per heavy atom. The smallest absolute Gasteiger partial charge is 0.240 e. The van der Waals surface area contributed by atoms with Crippen LogP contribution < -0.4 is 10.0 Å². The first-order valence-corrected chi connectivity index (χ1v) is 10.7. The average molecular weight is 420 g/mol. The molecule has 0 bridgehead atoms. The van der Waals surface area contributed by atoms with Crippen LogP contribution in [-0.4, -0.2) is 30.8 Å².